The van der Waals surface area contributed by atoms with Crippen molar-refractivity contribution in [2.24, 2.45) is 0 Å². The minimum absolute atomic E-state index is 0.0789. The molecule has 0 saturated carbocycles. The third-order valence-corrected chi connectivity index (χ3v) is 4.05. The molecule has 1 heterocycles. The largest absolute Gasteiger partial charge is 0.452 e. The Labute approximate surface area is 166 Å². The number of aromatic nitrogens is 2. The summed E-state index contributed by atoms with van der Waals surface area (Å²) in [5.74, 6) is -0.988. The second-order valence-corrected chi connectivity index (χ2v) is 6.18. The van der Waals surface area contributed by atoms with Crippen molar-refractivity contribution in [1.82, 2.24) is 10.2 Å². The predicted molar refractivity (Wildman–Crippen MR) is 105 cm³/mol. The van der Waals surface area contributed by atoms with Crippen LogP contribution in [0.15, 0.2) is 59.0 Å². The second kappa shape index (κ2) is 8.96. The van der Waals surface area contributed by atoms with Crippen molar-refractivity contribution < 1.29 is 18.7 Å². The van der Waals surface area contributed by atoms with Gasteiger partial charge in [0, 0.05) is 16.7 Å². The molecular weight excluding hydrogens is 382 g/mol. The number of hydrogen-bond acceptors (Lipinski definition) is 6. The summed E-state index contributed by atoms with van der Waals surface area (Å²) in [5.41, 5.74) is 2.41. The highest BCUT2D eigenvalue weighted by molar-refractivity contribution is 6.31. The van der Waals surface area contributed by atoms with E-state index in [9.17, 15) is 9.59 Å². The molecule has 142 valence electrons. The standard InChI is InChI=1S/C20H16ClN3O4/c1-13-7-8-14(11-16(13)21)9-10-18(26)27-12-17(25)22-20-24-23-19(28-20)15-5-3-2-4-6-15/h2-11H,12H2,1H3,(H,22,24,25)/b10-9+. The number of esters is 1. The molecule has 0 radical (unpaired) electrons. The summed E-state index contributed by atoms with van der Waals surface area (Å²) in [6.45, 7) is 1.40. The number of rotatable bonds is 6. The first-order valence-corrected chi connectivity index (χ1v) is 8.69. The number of anilines is 1. The average Bonchev–Trinajstić information content (AvgIpc) is 3.16. The quantitative estimate of drug-likeness (QED) is 0.501. The number of benzene rings is 2. The number of carbonyl (C=O) groups is 2. The summed E-state index contributed by atoms with van der Waals surface area (Å²) >= 11 is 6.03. The average molecular weight is 398 g/mol. The van der Waals surface area contributed by atoms with E-state index >= 15 is 0 Å². The molecule has 0 aliphatic carbocycles. The Kier molecular flexibility index (Phi) is 6.18. The number of nitrogens with zero attached hydrogens (tertiary/aromatic N) is 2. The SMILES string of the molecule is Cc1ccc(/C=C/C(=O)OCC(=O)Nc2nnc(-c3ccccc3)o2)cc1Cl. The Bertz CT molecular complexity index is 1020. The van der Waals surface area contributed by atoms with E-state index in [4.69, 9.17) is 20.8 Å². The lowest BCUT2D eigenvalue weighted by Crippen LogP contribution is -2.20. The van der Waals surface area contributed by atoms with Crippen molar-refractivity contribution in [2.45, 2.75) is 6.92 Å². The van der Waals surface area contributed by atoms with Crippen molar-refractivity contribution in [3.63, 3.8) is 0 Å². The van der Waals surface area contributed by atoms with Gasteiger partial charge in [-0.1, -0.05) is 47.0 Å². The fourth-order valence-electron chi connectivity index (χ4n) is 2.19. The number of hydrogen-bond donors (Lipinski definition) is 1. The first-order valence-electron chi connectivity index (χ1n) is 8.31. The molecular formula is C20H16ClN3O4. The molecule has 28 heavy (non-hydrogen) atoms. The minimum Gasteiger partial charge on any atom is -0.452 e. The maximum atomic E-state index is 11.9. The smallest absolute Gasteiger partial charge is 0.331 e. The molecule has 0 bridgehead atoms. The van der Waals surface area contributed by atoms with Crippen LogP contribution in [0.5, 0.6) is 0 Å². The van der Waals surface area contributed by atoms with Crippen LogP contribution in [0.4, 0.5) is 6.01 Å². The molecule has 0 fully saturated rings. The van der Waals surface area contributed by atoms with Crippen LogP contribution in [-0.2, 0) is 14.3 Å². The lowest BCUT2D eigenvalue weighted by Gasteiger charge is -2.02. The first-order chi connectivity index (χ1) is 13.5. The highest BCUT2D eigenvalue weighted by Gasteiger charge is 2.12. The number of amides is 1. The fourth-order valence-corrected chi connectivity index (χ4v) is 2.38. The molecule has 0 unspecified atom stereocenters. The van der Waals surface area contributed by atoms with Crippen LogP contribution in [-0.4, -0.2) is 28.7 Å². The van der Waals surface area contributed by atoms with E-state index in [1.807, 2.05) is 37.3 Å². The third-order valence-electron chi connectivity index (χ3n) is 3.65. The van der Waals surface area contributed by atoms with E-state index in [2.05, 4.69) is 15.5 Å². The second-order valence-electron chi connectivity index (χ2n) is 5.78. The Balaban J connectivity index is 1.49. The van der Waals surface area contributed by atoms with Gasteiger partial charge in [0.1, 0.15) is 0 Å². The van der Waals surface area contributed by atoms with Gasteiger partial charge in [-0.25, -0.2) is 4.79 Å². The fraction of sp³-hybridized carbons (Fsp3) is 0.100. The summed E-state index contributed by atoms with van der Waals surface area (Å²) in [6, 6.07) is 14.4. The number of aryl methyl sites for hydroxylation is 1. The van der Waals surface area contributed by atoms with Crippen LogP contribution in [0.3, 0.4) is 0 Å². The number of nitrogens with one attached hydrogen (secondary N) is 1. The van der Waals surface area contributed by atoms with Gasteiger partial charge in [-0.3, -0.25) is 10.1 Å². The van der Waals surface area contributed by atoms with E-state index in [1.54, 1.807) is 24.3 Å². The van der Waals surface area contributed by atoms with Crippen LogP contribution in [0.2, 0.25) is 5.02 Å². The topological polar surface area (TPSA) is 94.3 Å². The zero-order valence-electron chi connectivity index (χ0n) is 14.9. The maximum absolute atomic E-state index is 11.9. The normalized spacial score (nSPS) is 10.8. The maximum Gasteiger partial charge on any atom is 0.331 e. The zero-order valence-corrected chi connectivity index (χ0v) is 15.6. The molecule has 7 nitrogen and oxygen atoms in total. The van der Waals surface area contributed by atoms with E-state index in [0.717, 1.165) is 16.7 Å². The van der Waals surface area contributed by atoms with Crippen molar-refractivity contribution in [3.05, 3.63) is 70.8 Å². The molecule has 0 atom stereocenters. The van der Waals surface area contributed by atoms with Crippen LogP contribution in [0, 0.1) is 6.92 Å². The molecule has 0 spiro atoms. The lowest BCUT2D eigenvalue weighted by atomic mass is 10.1. The van der Waals surface area contributed by atoms with E-state index < -0.39 is 18.5 Å². The van der Waals surface area contributed by atoms with Crippen molar-refractivity contribution in [1.29, 1.82) is 0 Å². The molecule has 0 aliphatic rings. The van der Waals surface area contributed by atoms with Crippen molar-refractivity contribution in [2.75, 3.05) is 11.9 Å². The Morgan fingerprint density at radius 1 is 1.18 bits per heavy atom. The van der Waals surface area contributed by atoms with Gasteiger partial charge in [0.05, 0.1) is 0 Å². The van der Waals surface area contributed by atoms with Gasteiger partial charge < -0.3 is 9.15 Å². The summed E-state index contributed by atoms with van der Waals surface area (Å²) in [4.78, 5) is 23.6. The van der Waals surface area contributed by atoms with Gasteiger partial charge in [0.15, 0.2) is 6.61 Å². The minimum atomic E-state index is -0.664. The van der Waals surface area contributed by atoms with Crippen molar-refractivity contribution in [3.8, 4) is 11.5 Å². The summed E-state index contributed by atoms with van der Waals surface area (Å²) in [7, 11) is 0. The molecule has 0 aliphatic heterocycles. The monoisotopic (exact) mass is 397 g/mol. The summed E-state index contributed by atoms with van der Waals surface area (Å²) < 4.78 is 10.2. The Morgan fingerprint density at radius 2 is 1.96 bits per heavy atom. The van der Waals surface area contributed by atoms with E-state index in [1.165, 1.54) is 6.08 Å². The lowest BCUT2D eigenvalue weighted by molar-refractivity contribution is -0.142. The van der Waals surface area contributed by atoms with E-state index in [-0.39, 0.29) is 11.9 Å². The molecule has 3 aromatic rings. The summed E-state index contributed by atoms with van der Waals surface area (Å²) in [5, 5.41) is 10.6. The number of carbonyl (C=O) groups excluding carboxylic acids is 2. The van der Waals surface area contributed by atoms with Crippen LogP contribution in [0.1, 0.15) is 11.1 Å². The van der Waals surface area contributed by atoms with Crippen LogP contribution in [0.25, 0.3) is 17.5 Å². The van der Waals surface area contributed by atoms with Gasteiger partial charge in [0.25, 0.3) is 5.91 Å². The Hall–Kier alpha value is -3.45. The van der Waals surface area contributed by atoms with Gasteiger partial charge in [0.2, 0.25) is 5.89 Å². The van der Waals surface area contributed by atoms with Gasteiger partial charge in [-0.2, -0.15) is 0 Å². The van der Waals surface area contributed by atoms with Gasteiger partial charge in [-0.15, -0.1) is 5.10 Å². The molecule has 1 amide bonds. The number of ether oxygens (including phenoxy) is 1. The Morgan fingerprint density at radius 3 is 2.71 bits per heavy atom. The van der Waals surface area contributed by atoms with Crippen molar-refractivity contribution >= 4 is 35.6 Å². The molecule has 0 saturated heterocycles. The zero-order chi connectivity index (χ0) is 19.9. The van der Waals surface area contributed by atoms with Gasteiger partial charge >= 0.3 is 12.0 Å². The summed E-state index contributed by atoms with van der Waals surface area (Å²) in [6.07, 6.45) is 2.77. The molecule has 1 N–H and O–H groups in total. The highest BCUT2D eigenvalue weighted by Crippen LogP contribution is 2.19. The predicted octanol–water partition coefficient (Wildman–Crippen LogP) is 3.89. The van der Waals surface area contributed by atoms with Crippen LogP contribution >= 0.6 is 11.6 Å². The molecule has 2 aromatic carbocycles. The van der Waals surface area contributed by atoms with Gasteiger partial charge in [-0.05, 0) is 42.3 Å². The highest BCUT2D eigenvalue weighted by atomic mass is 35.5. The molecule has 1 aromatic heterocycles. The first kappa shape index (κ1) is 19.3. The number of halogens is 1. The van der Waals surface area contributed by atoms with E-state index in [0.29, 0.717) is 5.02 Å². The molecule has 3 rings (SSSR count). The third kappa shape index (κ3) is 5.28. The molecule has 8 heteroatoms. The van der Waals surface area contributed by atoms with Crippen LogP contribution < -0.4 is 5.32 Å².